The topological polar surface area (TPSA) is 90.0 Å². The summed E-state index contributed by atoms with van der Waals surface area (Å²) >= 11 is 11.5. The minimum atomic E-state index is -0.179. The van der Waals surface area contributed by atoms with E-state index in [9.17, 15) is 4.79 Å². The van der Waals surface area contributed by atoms with Crippen LogP contribution in [0.1, 0.15) is 11.7 Å². The van der Waals surface area contributed by atoms with Gasteiger partial charge in [-0.1, -0.05) is 51.0 Å². The number of pyridine rings is 1. The van der Waals surface area contributed by atoms with Crippen molar-refractivity contribution in [2.24, 2.45) is 0 Å². The van der Waals surface area contributed by atoms with Crippen molar-refractivity contribution in [3.8, 4) is 21.8 Å². The standard InChI is InChI=1S/C24H15BrClN7OS/c1-13(34)33-20-9-8-18(21(26)17(20)11-27-33)29-24-31-30-23(35-24)16-3-2-10-32-12-19(28-22(16)32)14-4-6-15(25)7-5-14/h2-12H,1H3,(H,29,31). The lowest BCUT2D eigenvalue weighted by Gasteiger charge is -2.06. The van der Waals surface area contributed by atoms with Gasteiger partial charge in [0.15, 0.2) is 5.01 Å². The number of benzene rings is 2. The predicted molar refractivity (Wildman–Crippen MR) is 142 cm³/mol. The molecule has 6 aromatic rings. The molecule has 0 aliphatic carbocycles. The molecule has 0 fully saturated rings. The van der Waals surface area contributed by atoms with Crippen LogP contribution < -0.4 is 5.32 Å². The van der Waals surface area contributed by atoms with Gasteiger partial charge < -0.3 is 9.72 Å². The third-order valence-electron chi connectivity index (χ3n) is 5.51. The highest BCUT2D eigenvalue weighted by molar-refractivity contribution is 9.10. The summed E-state index contributed by atoms with van der Waals surface area (Å²) in [5, 5.41) is 18.5. The molecule has 0 radical (unpaired) electrons. The van der Waals surface area contributed by atoms with Crippen molar-refractivity contribution in [3.05, 3.63) is 76.6 Å². The first-order valence-electron chi connectivity index (χ1n) is 10.5. The highest BCUT2D eigenvalue weighted by Gasteiger charge is 2.16. The van der Waals surface area contributed by atoms with E-state index in [2.05, 4.69) is 36.5 Å². The number of fused-ring (bicyclic) bond motifs is 2. The van der Waals surface area contributed by atoms with Gasteiger partial charge in [0.05, 0.1) is 33.7 Å². The van der Waals surface area contributed by atoms with E-state index >= 15 is 0 Å². The number of nitrogens with one attached hydrogen (secondary N) is 1. The van der Waals surface area contributed by atoms with Crippen LogP contribution >= 0.6 is 38.9 Å². The molecule has 8 nitrogen and oxygen atoms in total. The van der Waals surface area contributed by atoms with E-state index in [0.717, 1.165) is 31.9 Å². The highest BCUT2D eigenvalue weighted by atomic mass is 79.9. The van der Waals surface area contributed by atoms with Crippen LogP contribution in [0.25, 0.3) is 38.4 Å². The minimum absolute atomic E-state index is 0.179. The average molecular weight is 565 g/mol. The molecule has 0 saturated heterocycles. The largest absolute Gasteiger partial charge is 0.329 e. The molecule has 35 heavy (non-hydrogen) atoms. The van der Waals surface area contributed by atoms with Gasteiger partial charge in [0.1, 0.15) is 5.65 Å². The summed E-state index contributed by atoms with van der Waals surface area (Å²) in [5.74, 6) is -0.179. The predicted octanol–water partition coefficient (Wildman–Crippen LogP) is 6.69. The molecule has 1 N–H and O–H groups in total. The Morgan fingerprint density at radius 2 is 1.94 bits per heavy atom. The SMILES string of the molecule is CC(=O)n1ncc2c(Cl)c(Nc3nnc(-c4cccn5cc(-c6ccc(Br)cc6)nc45)s3)ccc21. The number of hydrogen-bond acceptors (Lipinski definition) is 7. The molecule has 0 aliphatic heterocycles. The van der Waals surface area contributed by atoms with E-state index < -0.39 is 0 Å². The Balaban J connectivity index is 1.33. The zero-order valence-corrected chi connectivity index (χ0v) is 21.3. The van der Waals surface area contributed by atoms with E-state index in [0.29, 0.717) is 26.7 Å². The highest BCUT2D eigenvalue weighted by Crippen LogP contribution is 2.36. The maximum absolute atomic E-state index is 11.8. The lowest BCUT2D eigenvalue weighted by atomic mass is 10.2. The van der Waals surface area contributed by atoms with Crippen LogP contribution in [0.4, 0.5) is 10.8 Å². The van der Waals surface area contributed by atoms with Crippen molar-refractivity contribution in [2.75, 3.05) is 5.32 Å². The first kappa shape index (κ1) is 21.9. The van der Waals surface area contributed by atoms with E-state index in [-0.39, 0.29) is 5.91 Å². The van der Waals surface area contributed by atoms with Crippen molar-refractivity contribution in [1.82, 2.24) is 29.4 Å². The first-order chi connectivity index (χ1) is 17.0. The zero-order valence-electron chi connectivity index (χ0n) is 18.1. The maximum Gasteiger partial charge on any atom is 0.244 e. The smallest absolute Gasteiger partial charge is 0.244 e. The average Bonchev–Trinajstić information content (AvgIpc) is 3.59. The zero-order chi connectivity index (χ0) is 24.1. The summed E-state index contributed by atoms with van der Waals surface area (Å²) in [6.07, 6.45) is 5.54. The summed E-state index contributed by atoms with van der Waals surface area (Å²) in [4.78, 5) is 16.6. The number of halogens is 2. The van der Waals surface area contributed by atoms with Gasteiger partial charge in [-0.3, -0.25) is 4.79 Å². The normalized spacial score (nSPS) is 11.4. The first-order valence-corrected chi connectivity index (χ1v) is 12.5. The summed E-state index contributed by atoms with van der Waals surface area (Å²) in [6.45, 7) is 1.46. The van der Waals surface area contributed by atoms with Crippen LogP contribution in [-0.2, 0) is 0 Å². The van der Waals surface area contributed by atoms with Crippen molar-refractivity contribution in [3.63, 3.8) is 0 Å². The molecule has 0 bridgehead atoms. The van der Waals surface area contributed by atoms with E-state index in [4.69, 9.17) is 16.6 Å². The summed E-state index contributed by atoms with van der Waals surface area (Å²) in [5.41, 5.74) is 4.88. The van der Waals surface area contributed by atoms with Crippen LogP contribution in [0.2, 0.25) is 5.02 Å². The minimum Gasteiger partial charge on any atom is -0.329 e. The van der Waals surface area contributed by atoms with Crippen molar-refractivity contribution in [1.29, 1.82) is 0 Å². The van der Waals surface area contributed by atoms with Crippen LogP contribution in [0.15, 0.2) is 71.6 Å². The van der Waals surface area contributed by atoms with Gasteiger partial charge in [-0.05, 0) is 36.4 Å². The number of hydrogen-bond donors (Lipinski definition) is 1. The summed E-state index contributed by atoms with van der Waals surface area (Å²) < 4.78 is 4.33. The second kappa shape index (κ2) is 8.56. The third kappa shape index (κ3) is 3.89. The summed E-state index contributed by atoms with van der Waals surface area (Å²) in [7, 11) is 0. The second-order valence-electron chi connectivity index (χ2n) is 7.76. The Morgan fingerprint density at radius 1 is 1.11 bits per heavy atom. The van der Waals surface area contributed by atoms with Crippen molar-refractivity contribution < 1.29 is 4.79 Å². The molecule has 0 saturated carbocycles. The Kier molecular flexibility index (Phi) is 5.36. The Hall–Kier alpha value is -3.60. The molecule has 0 spiro atoms. The molecule has 0 unspecified atom stereocenters. The molecule has 4 heterocycles. The number of imidazole rings is 1. The number of carbonyl (C=O) groups excluding carboxylic acids is 1. The molecule has 172 valence electrons. The molecule has 2 aromatic carbocycles. The lowest BCUT2D eigenvalue weighted by Crippen LogP contribution is -2.06. The quantitative estimate of drug-likeness (QED) is 0.257. The fourth-order valence-corrected chi connectivity index (χ4v) is 5.15. The molecule has 11 heteroatoms. The molecular weight excluding hydrogens is 550 g/mol. The Morgan fingerprint density at radius 3 is 2.74 bits per heavy atom. The van der Waals surface area contributed by atoms with Crippen molar-refractivity contribution in [2.45, 2.75) is 6.92 Å². The van der Waals surface area contributed by atoms with Gasteiger partial charge in [0.2, 0.25) is 11.0 Å². The lowest BCUT2D eigenvalue weighted by molar-refractivity contribution is 0.0927. The van der Waals surface area contributed by atoms with Crippen LogP contribution in [0.5, 0.6) is 0 Å². The van der Waals surface area contributed by atoms with Gasteiger partial charge >= 0.3 is 0 Å². The van der Waals surface area contributed by atoms with Gasteiger partial charge in [-0.25, -0.2) is 9.67 Å². The van der Waals surface area contributed by atoms with Crippen molar-refractivity contribution >= 4 is 72.1 Å². The van der Waals surface area contributed by atoms with Gasteiger partial charge in [0, 0.05) is 34.7 Å². The van der Waals surface area contributed by atoms with Gasteiger partial charge in [-0.2, -0.15) is 5.10 Å². The van der Waals surface area contributed by atoms with Gasteiger partial charge in [0.25, 0.3) is 0 Å². The monoisotopic (exact) mass is 563 g/mol. The van der Waals surface area contributed by atoms with Crippen LogP contribution in [0.3, 0.4) is 0 Å². The fourth-order valence-electron chi connectivity index (χ4n) is 3.85. The van der Waals surface area contributed by atoms with Crippen LogP contribution in [-0.4, -0.2) is 35.3 Å². The Labute approximate surface area is 216 Å². The van der Waals surface area contributed by atoms with E-state index in [1.807, 2.05) is 53.2 Å². The molecule has 0 atom stereocenters. The molecule has 0 aliphatic rings. The number of carbonyl (C=O) groups is 1. The van der Waals surface area contributed by atoms with E-state index in [1.54, 1.807) is 18.3 Å². The van der Waals surface area contributed by atoms with Crippen LogP contribution in [0, 0.1) is 0 Å². The summed E-state index contributed by atoms with van der Waals surface area (Å²) in [6, 6.07) is 15.6. The Bertz CT molecular complexity index is 1740. The van der Waals surface area contributed by atoms with E-state index in [1.165, 1.54) is 22.9 Å². The molecule has 4 aromatic heterocycles. The molecule has 6 rings (SSSR count). The molecule has 0 amide bonds. The number of aromatic nitrogens is 6. The fraction of sp³-hybridized carbons (Fsp3) is 0.0417. The third-order valence-corrected chi connectivity index (χ3v) is 7.31. The molecular formula is C24H15BrClN7OS. The number of rotatable bonds is 4. The maximum atomic E-state index is 11.8. The number of nitrogens with zero attached hydrogens (tertiary/aromatic N) is 6. The number of anilines is 2. The van der Waals surface area contributed by atoms with Gasteiger partial charge in [-0.15, -0.1) is 10.2 Å². The second-order valence-corrected chi connectivity index (χ2v) is 10.0.